The van der Waals surface area contributed by atoms with E-state index in [4.69, 9.17) is 14.7 Å². The number of amides is 1. The van der Waals surface area contributed by atoms with Crippen molar-refractivity contribution in [3.8, 4) is 11.5 Å². The highest BCUT2D eigenvalue weighted by atomic mass is 19.4. The summed E-state index contributed by atoms with van der Waals surface area (Å²) in [5, 5.41) is 8.62. The van der Waals surface area contributed by atoms with Gasteiger partial charge in [0.15, 0.2) is 17.5 Å². The molecule has 1 unspecified atom stereocenters. The van der Waals surface area contributed by atoms with Crippen molar-refractivity contribution in [3.63, 3.8) is 0 Å². The molecule has 0 bridgehead atoms. The van der Waals surface area contributed by atoms with E-state index in [9.17, 15) is 18.0 Å². The SMILES string of the molecule is CCCc1cc(C2=NC(C(=O)NO)CO2)cc(OC(F)(F)F)c1OC. The highest BCUT2D eigenvalue weighted by Gasteiger charge is 2.34. The summed E-state index contributed by atoms with van der Waals surface area (Å²) in [4.78, 5) is 15.3. The quantitative estimate of drug-likeness (QED) is 0.598. The molecule has 1 aromatic rings. The molecule has 1 aromatic carbocycles. The first kappa shape index (κ1) is 18.8. The van der Waals surface area contributed by atoms with Crippen LogP contribution in [0.25, 0.3) is 0 Å². The molecule has 138 valence electrons. The topological polar surface area (TPSA) is 89.4 Å². The number of aryl methyl sites for hydroxylation is 1. The molecular weight excluding hydrogens is 345 g/mol. The number of carbonyl (C=O) groups excluding carboxylic acids is 1. The van der Waals surface area contributed by atoms with Crippen LogP contribution in [0, 0.1) is 0 Å². The Bertz CT molecular complexity index is 676. The summed E-state index contributed by atoms with van der Waals surface area (Å²) in [5.74, 6) is -1.33. The summed E-state index contributed by atoms with van der Waals surface area (Å²) in [5.41, 5.74) is 2.16. The van der Waals surface area contributed by atoms with Crippen molar-refractivity contribution in [2.24, 2.45) is 4.99 Å². The fourth-order valence-corrected chi connectivity index (χ4v) is 2.41. The molecule has 1 aliphatic rings. The molecule has 1 atom stereocenters. The highest BCUT2D eigenvalue weighted by molar-refractivity contribution is 5.99. The Morgan fingerprint density at radius 1 is 1.48 bits per heavy atom. The van der Waals surface area contributed by atoms with Crippen LogP contribution in [0.4, 0.5) is 13.2 Å². The van der Waals surface area contributed by atoms with Crippen LogP contribution in [0.3, 0.4) is 0 Å². The van der Waals surface area contributed by atoms with Gasteiger partial charge in [0.1, 0.15) is 6.61 Å². The summed E-state index contributed by atoms with van der Waals surface area (Å²) in [6, 6.07) is 1.68. The Labute approximate surface area is 141 Å². The average Bonchev–Trinajstić information content (AvgIpc) is 3.02. The maximum atomic E-state index is 12.7. The number of benzene rings is 1. The zero-order valence-electron chi connectivity index (χ0n) is 13.5. The van der Waals surface area contributed by atoms with Gasteiger partial charge in [0, 0.05) is 5.56 Å². The Morgan fingerprint density at radius 3 is 2.76 bits per heavy atom. The number of hydrogen-bond donors (Lipinski definition) is 2. The Balaban J connectivity index is 2.46. The third kappa shape index (κ3) is 4.53. The second-order valence-corrected chi connectivity index (χ2v) is 5.20. The summed E-state index contributed by atoms with van der Waals surface area (Å²) in [6.45, 7) is 1.73. The summed E-state index contributed by atoms with van der Waals surface area (Å²) >= 11 is 0. The fraction of sp³-hybridized carbons (Fsp3) is 0.467. The minimum Gasteiger partial charge on any atom is -0.493 e. The number of halogens is 3. The van der Waals surface area contributed by atoms with Gasteiger partial charge >= 0.3 is 6.36 Å². The van der Waals surface area contributed by atoms with Crippen LogP contribution in [-0.4, -0.2) is 43.1 Å². The van der Waals surface area contributed by atoms with E-state index in [0.29, 0.717) is 18.4 Å². The van der Waals surface area contributed by atoms with E-state index in [1.54, 1.807) is 6.07 Å². The molecule has 1 heterocycles. The molecule has 7 nitrogen and oxygen atoms in total. The standard InChI is InChI=1S/C15H17F3N2O5/c1-3-4-8-5-9(14-19-10(7-24-14)13(21)20-22)6-11(12(8)23-2)25-15(16,17)18/h5-6,10,22H,3-4,7H2,1-2H3,(H,20,21). The number of ether oxygens (including phenoxy) is 3. The number of rotatable bonds is 6. The van der Waals surface area contributed by atoms with Crippen molar-refractivity contribution in [1.29, 1.82) is 0 Å². The molecule has 0 saturated heterocycles. The lowest BCUT2D eigenvalue weighted by Crippen LogP contribution is -2.31. The number of nitrogens with zero attached hydrogens (tertiary/aromatic N) is 1. The predicted octanol–water partition coefficient (Wildman–Crippen LogP) is 2.20. The van der Waals surface area contributed by atoms with Crippen LogP contribution in [-0.2, 0) is 16.0 Å². The van der Waals surface area contributed by atoms with E-state index in [0.717, 1.165) is 6.07 Å². The first-order chi connectivity index (χ1) is 11.8. The maximum absolute atomic E-state index is 12.7. The van der Waals surface area contributed by atoms with Gasteiger partial charge < -0.3 is 14.2 Å². The number of methoxy groups -OCH3 is 1. The van der Waals surface area contributed by atoms with Crippen LogP contribution in [0.1, 0.15) is 24.5 Å². The number of nitrogens with one attached hydrogen (secondary N) is 1. The normalized spacial score (nSPS) is 16.9. The lowest BCUT2D eigenvalue weighted by Gasteiger charge is -2.17. The van der Waals surface area contributed by atoms with Gasteiger partial charge in [-0.05, 0) is 24.1 Å². The van der Waals surface area contributed by atoms with Crippen molar-refractivity contribution in [3.05, 3.63) is 23.3 Å². The molecular formula is C15H17F3N2O5. The molecule has 2 rings (SSSR count). The first-order valence-corrected chi connectivity index (χ1v) is 7.40. The zero-order chi connectivity index (χ0) is 18.6. The smallest absolute Gasteiger partial charge is 0.493 e. The van der Waals surface area contributed by atoms with Gasteiger partial charge in [-0.25, -0.2) is 10.5 Å². The third-order valence-electron chi connectivity index (χ3n) is 3.39. The van der Waals surface area contributed by atoms with E-state index in [1.165, 1.54) is 12.6 Å². The van der Waals surface area contributed by atoms with E-state index in [-0.39, 0.29) is 23.8 Å². The van der Waals surface area contributed by atoms with Crippen molar-refractivity contribution < 1.29 is 37.4 Å². The molecule has 2 N–H and O–H groups in total. The Hall–Kier alpha value is -2.49. The van der Waals surface area contributed by atoms with Gasteiger partial charge in [-0.1, -0.05) is 13.3 Å². The zero-order valence-corrected chi connectivity index (χ0v) is 13.5. The van der Waals surface area contributed by atoms with Crippen LogP contribution < -0.4 is 15.0 Å². The molecule has 0 aromatic heterocycles. The number of hydroxylamine groups is 1. The van der Waals surface area contributed by atoms with E-state index >= 15 is 0 Å². The lowest BCUT2D eigenvalue weighted by molar-refractivity contribution is -0.275. The molecule has 0 radical (unpaired) electrons. The van der Waals surface area contributed by atoms with Crippen LogP contribution in [0.15, 0.2) is 17.1 Å². The van der Waals surface area contributed by atoms with E-state index < -0.39 is 24.1 Å². The largest absolute Gasteiger partial charge is 0.573 e. The molecule has 1 aliphatic heterocycles. The molecule has 25 heavy (non-hydrogen) atoms. The van der Waals surface area contributed by atoms with Crippen molar-refractivity contribution in [1.82, 2.24) is 5.48 Å². The molecule has 0 aliphatic carbocycles. The summed E-state index contributed by atoms with van der Waals surface area (Å²) < 4.78 is 52.4. The molecule has 10 heteroatoms. The van der Waals surface area contributed by atoms with Gasteiger partial charge in [-0.3, -0.25) is 10.0 Å². The summed E-state index contributed by atoms with van der Waals surface area (Å²) in [6.07, 6.45) is -3.79. The van der Waals surface area contributed by atoms with E-state index in [1.807, 2.05) is 6.92 Å². The van der Waals surface area contributed by atoms with Crippen LogP contribution in [0.2, 0.25) is 0 Å². The molecule has 1 amide bonds. The van der Waals surface area contributed by atoms with Crippen molar-refractivity contribution in [2.75, 3.05) is 13.7 Å². The number of carbonyl (C=O) groups is 1. The van der Waals surface area contributed by atoms with Gasteiger partial charge in [-0.2, -0.15) is 0 Å². The van der Waals surface area contributed by atoms with E-state index in [2.05, 4.69) is 9.73 Å². The minimum absolute atomic E-state index is 0.0133. The monoisotopic (exact) mass is 362 g/mol. The average molecular weight is 362 g/mol. The van der Waals surface area contributed by atoms with Crippen molar-refractivity contribution in [2.45, 2.75) is 32.2 Å². The Morgan fingerprint density at radius 2 is 2.20 bits per heavy atom. The van der Waals surface area contributed by atoms with Crippen molar-refractivity contribution >= 4 is 11.8 Å². The predicted molar refractivity (Wildman–Crippen MR) is 79.9 cm³/mol. The van der Waals surface area contributed by atoms with Gasteiger partial charge in [0.25, 0.3) is 5.91 Å². The summed E-state index contributed by atoms with van der Waals surface area (Å²) in [7, 11) is 1.25. The first-order valence-electron chi connectivity index (χ1n) is 7.40. The molecule has 0 spiro atoms. The Kier molecular flexibility index (Phi) is 5.73. The van der Waals surface area contributed by atoms with Crippen LogP contribution >= 0.6 is 0 Å². The third-order valence-corrected chi connectivity index (χ3v) is 3.39. The number of alkyl halides is 3. The minimum atomic E-state index is -4.90. The van der Waals surface area contributed by atoms with Gasteiger partial charge in [-0.15, -0.1) is 13.2 Å². The fourth-order valence-electron chi connectivity index (χ4n) is 2.41. The lowest BCUT2D eigenvalue weighted by atomic mass is 10.0. The molecule has 0 saturated carbocycles. The second kappa shape index (κ2) is 7.60. The molecule has 0 fully saturated rings. The second-order valence-electron chi connectivity index (χ2n) is 5.20. The maximum Gasteiger partial charge on any atom is 0.573 e. The van der Waals surface area contributed by atoms with Crippen LogP contribution in [0.5, 0.6) is 11.5 Å². The van der Waals surface area contributed by atoms with Gasteiger partial charge in [0.2, 0.25) is 5.90 Å². The van der Waals surface area contributed by atoms with Gasteiger partial charge in [0.05, 0.1) is 7.11 Å². The highest BCUT2D eigenvalue weighted by Crippen LogP contribution is 2.37. The number of hydrogen-bond acceptors (Lipinski definition) is 6. The number of aliphatic imine (C=N–C) groups is 1.